The third kappa shape index (κ3) is 1.39. The Balaban J connectivity index is 2.95. The van der Waals surface area contributed by atoms with Crippen LogP contribution in [0.15, 0.2) is 35.7 Å². The van der Waals surface area contributed by atoms with Crippen molar-refractivity contribution in [1.29, 1.82) is 0 Å². The standard InChI is InChI=1S/C14H13NO/c1-9-6-5-7-13-8-10(2)11(3)14(16)15(13)12(9)4/h5,7-8H,1-4,6H2. The number of aromatic nitrogens is 1. The molecule has 0 aliphatic carbocycles. The molecule has 0 bridgehead atoms. The van der Waals surface area contributed by atoms with E-state index >= 15 is 0 Å². The first-order valence-electron chi connectivity index (χ1n) is 5.00. The summed E-state index contributed by atoms with van der Waals surface area (Å²) < 4.78 is 1.54. The van der Waals surface area contributed by atoms with Crippen LogP contribution in [0.4, 0.5) is 0 Å². The molecule has 0 atom stereocenters. The summed E-state index contributed by atoms with van der Waals surface area (Å²) in [5, 5.41) is 1.06. The number of pyridine rings is 1. The molecule has 0 saturated heterocycles. The first-order chi connectivity index (χ1) is 7.52. The van der Waals surface area contributed by atoms with E-state index in [-0.39, 0.29) is 5.56 Å². The summed E-state index contributed by atoms with van der Waals surface area (Å²) in [6.45, 7) is 15.3. The van der Waals surface area contributed by atoms with Gasteiger partial charge in [0, 0.05) is 16.6 Å². The number of nitrogens with zero attached hydrogens (tertiary/aromatic N) is 1. The van der Waals surface area contributed by atoms with Crippen LogP contribution >= 0.6 is 0 Å². The van der Waals surface area contributed by atoms with Gasteiger partial charge in [0.1, 0.15) is 0 Å². The van der Waals surface area contributed by atoms with E-state index in [1.54, 1.807) is 4.57 Å². The van der Waals surface area contributed by atoms with E-state index in [1.165, 1.54) is 0 Å². The monoisotopic (exact) mass is 211 g/mol. The Bertz CT molecular complexity index is 674. The van der Waals surface area contributed by atoms with Gasteiger partial charge in [-0.1, -0.05) is 32.4 Å². The number of hydrogen-bond acceptors (Lipinski definition) is 1. The maximum absolute atomic E-state index is 12.1. The minimum atomic E-state index is -0.166. The summed E-state index contributed by atoms with van der Waals surface area (Å²) in [6.07, 6.45) is 4.56. The molecular formula is C14H13NO. The molecule has 0 N–H and O–H groups in total. The highest BCUT2D eigenvalue weighted by Gasteiger charge is 2.11. The fourth-order valence-electron chi connectivity index (χ4n) is 1.72. The van der Waals surface area contributed by atoms with Crippen LogP contribution in [0, 0.1) is 0 Å². The maximum atomic E-state index is 12.1. The largest absolute Gasteiger partial charge is 0.277 e. The topological polar surface area (TPSA) is 22.0 Å². The predicted octanol–water partition coefficient (Wildman–Crippen LogP) is 1.11. The molecular weight excluding hydrogens is 198 g/mol. The molecule has 0 spiro atoms. The molecule has 1 aromatic rings. The van der Waals surface area contributed by atoms with Crippen molar-refractivity contribution >= 4 is 24.9 Å². The highest BCUT2D eigenvalue weighted by atomic mass is 16.1. The van der Waals surface area contributed by atoms with Crippen LogP contribution in [0.25, 0.3) is 24.9 Å². The molecule has 1 aliphatic heterocycles. The van der Waals surface area contributed by atoms with Crippen LogP contribution in [0.3, 0.4) is 0 Å². The van der Waals surface area contributed by atoms with Gasteiger partial charge in [-0.3, -0.25) is 9.36 Å². The first-order valence-corrected chi connectivity index (χ1v) is 5.00. The third-order valence-corrected chi connectivity index (χ3v) is 2.76. The molecule has 0 amide bonds. The molecule has 2 rings (SSSR count). The van der Waals surface area contributed by atoms with Gasteiger partial charge in [-0.15, -0.1) is 0 Å². The third-order valence-electron chi connectivity index (χ3n) is 2.76. The van der Waals surface area contributed by atoms with E-state index in [4.69, 9.17) is 0 Å². The highest BCUT2D eigenvalue weighted by Crippen LogP contribution is 2.20. The van der Waals surface area contributed by atoms with Crippen LogP contribution in [0.2, 0.25) is 0 Å². The van der Waals surface area contributed by atoms with E-state index in [0.717, 1.165) is 11.3 Å². The van der Waals surface area contributed by atoms with Gasteiger partial charge in [0.2, 0.25) is 0 Å². The van der Waals surface area contributed by atoms with Crippen molar-refractivity contribution in [2.45, 2.75) is 6.42 Å². The second-order valence-corrected chi connectivity index (χ2v) is 3.87. The van der Waals surface area contributed by atoms with Crippen molar-refractivity contribution in [3.8, 4) is 0 Å². The zero-order chi connectivity index (χ0) is 11.9. The summed E-state index contributed by atoms with van der Waals surface area (Å²) >= 11 is 0. The minimum absolute atomic E-state index is 0.166. The van der Waals surface area contributed by atoms with E-state index in [0.29, 0.717) is 22.6 Å². The van der Waals surface area contributed by atoms with Gasteiger partial charge in [-0.25, -0.2) is 0 Å². The predicted molar refractivity (Wildman–Crippen MR) is 69.1 cm³/mol. The zero-order valence-corrected chi connectivity index (χ0v) is 9.12. The maximum Gasteiger partial charge on any atom is 0.262 e. The molecule has 1 aromatic heterocycles. The van der Waals surface area contributed by atoms with Crippen LogP contribution in [0.1, 0.15) is 12.1 Å². The van der Waals surface area contributed by atoms with E-state index in [9.17, 15) is 4.79 Å². The van der Waals surface area contributed by atoms with Crippen molar-refractivity contribution in [2.24, 2.45) is 0 Å². The van der Waals surface area contributed by atoms with Crippen LogP contribution in [0.5, 0.6) is 0 Å². The summed E-state index contributed by atoms with van der Waals surface area (Å²) in [5.41, 5.74) is 2.09. The fourth-order valence-corrected chi connectivity index (χ4v) is 1.72. The Morgan fingerprint density at radius 1 is 1.19 bits per heavy atom. The Labute approximate surface area is 93.9 Å². The van der Waals surface area contributed by atoms with Gasteiger partial charge in [0.15, 0.2) is 0 Å². The molecule has 0 aromatic carbocycles. The van der Waals surface area contributed by atoms with Crippen molar-refractivity contribution < 1.29 is 0 Å². The Morgan fingerprint density at radius 3 is 2.56 bits per heavy atom. The number of allylic oxidation sites excluding steroid dienone is 3. The van der Waals surface area contributed by atoms with Gasteiger partial charge in [0.05, 0.1) is 0 Å². The number of fused-ring (bicyclic) bond motifs is 1. The average Bonchev–Trinajstić information content (AvgIpc) is 2.37. The lowest BCUT2D eigenvalue weighted by Crippen LogP contribution is -2.43. The van der Waals surface area contributed by atoms with Crippen molar-refractivity contribution in [1.82, 2.24) is 4.57 Å². The summed E-state index contributed by atoms with van der Waals surface area (Å²) in [5.74, 6) is 0. The van der Waals surface area contributed by atoms with Crippen molar-refractivity contribution in [3.05, 3.63) is 57.4 Å². The fraction of sp³-hybridized carbons (Fsp3) is 0.0714. The Kier molecular flexibility index (Phi) is 2.27. The van der Waals surface area contributed by atoms with Crippen LogP contribution in [-0.4, -0.2) is 4.57 Å². The average molecular weight is 211 g/mol. The van der Waals surface area contributed by atoms with Crippen molar-refractivity contribution in [3.63, 3.8) is 0 Å². The zero-order valence-electron chi connectivity index (χ0n) is 9.12. The molecule has 80 valence electrons. The van der Waals surface area contributed by atoms with E-state index < -0.39 is 0 Å². The van der Waals surface area contributed by atoms with Crippen LogP contribution < -0.4 is 16.0 Å². The SMILES string of the molecule is C=C1CC=Cc2cc(=C)c(=C)c(=O)n2C1=C. The Morgan fingerprint density at radius 2 is 1.88 bits per heavy atom. The quantitative estimate of drug-likeness (QED) is 0.630. The normalized spacial score (nSPS) is 14.8. The Hall–Kier alpha value is -2.09. The summed E-state index contributed by atoms with van der Waals surface area (Å²) in [4.78, 5) is 12.1. The number of hydrogen-bond donors (Lipinski definition) is 0. The van der Waals surface area contributed by atoms with Gasteiger partial charge in [0.25, 0.3) is 5.56 Å². The van der Waals surface area contributed by atoms with E-state index in [1.807, 2.05) is 18.2 Å². The van der Waals surface area contributed by atoms with Gasteiger partial charge in [-0.2, -0.15) is 0 Å². The van der Waals surface area contributed by atoms with Gasteiger partial charge < -0.3 is 0 Å². The molecule has 0 fully saturated rings. The molecule has 2 nitrogen and oxygen atoms in total. The highest BCUT2D eigenvalue weighted by molar-refractivity contribution is 5.68. The molecule has 2 heterocycles. The summed E-state index contributed by atoms with van der Waals surface area (Å²) in [7, 11) is 0. The minimum Gasteiger partial charge on any atom is -0.277 e. The molecule has 1 aliphatic rings. The molecule has 16 heavy (non-hydrogen) atoms. The molecule has 0 radical (unpaired) electrons. The lowest BCUT2D eigenvalue weighted by molar-refractivity contribution is 0.980. The first kappa shape index (κ1) is 10.4. The number of rotatable bonds is 0. The molecule has 0 saturated carbocycles. The second-order valence-electron chi connectivity index (χ2n) is 3.87. The molecule has 0 unspecified atom stereocenters. The smallest absolute Gasteiger partial charge is 0.262 e. The lowest BCUT2D eigenvalue weighted by Gasteiger charge is -2.11. The van der Waals surface area contributed by atoms with Gasteiger partial charge >= 0.3 is 0 Å². The van der Waals surface area contributed by atoms with Gasteiger partial charge in [-0.05, 0) is 29.4 Å². The summed E-state index contributed by atoms with van der Waals surface area (Å²) in [6, 6.07) is 1.84. The van der Waals surface area contributed by atoms with E-state index in [2.05, 4.69) is 26.3 Å². The lowest BCUT2D eigenvalue weighted by atomic mass is 10.2. The van der Waals surface area contributed by atoms with Crippen LogP contribution in [-0.2, 0) is 0 Å². The molecule has 2 heteroatoms. The second kappa shape index (κ2) is 3.49. The van der Waals surface area contributed by atoms with Crippen molar-refractivity contribution in [2.75, 3.05) is 0 Å².